The molecule has 138 valence electrons. The number of fused-ring (bicyclic) bond motifs is 1. The number of rotatable bonds is 4. The Labute approximate surface area is 164 Å². The molecule has 0 aromatic heterocycles. The maximum absolute atomic E-state index is 10.2. The predicted molar refractivity (Wildman–Crippen MR) is 112 cm³/mol. The van der Waals surface area contributed by atoms with Gasteiger partial charge in [0.05, 0.1) is 6.21 Å². The molecule has 0 radical (unpaired) electrons. The minimum atomic E-state index is 0.259. The van der Waals surface area contributed by atoms with E-state index in [0.717, 1.165) is 59.6 Å². The van der Waals surface area contributed by atoms with Crippen molar-refractivity contribution in [2.45, 2.75) is 6.54 Å². The summed E-state index contributed by atoms with van der Waals surface area (Å²) in [4.78, 5) is 2.39. The van der Waals surface area contributed by atoms with Crippen molar-refractivity contribution in [2.75, 3.05) is 26.2 Å². The van der Waals surface area contributed by atoms with Crippen LogP contribution in [0.25, 0.3) is 10.8 Å². The van der Waals surface area contributed by atoms with Gasteiger partial charge in [-0.2, -0.15) is 5.10 Å². The van der Waals surface area contributed by atoms with Crippen molar-refractivity contribution in [3.8, 4) is 5.75 Å². The van der Waals surface area contributed by atoms with Gasteiger partial charge in [-0.1, -0.05) is 60.1 Å². The lowest BCUT2D eigenvalue weighted by molar-refractivity contribution is 0.131. The molecule has 3 aromatic carbocycles. The molecule has 5 heteroatoms. The minimum Gasteiger partial charge on any atom is -0.507 e. The van der Waals surface area contributed by atoms with Crippen molar-refractivity contribution < 1.29 is 5.11 Å². The van der Waals surface area contributed by atoms with Crippen molar-refractivity contribution in [3.63, 3.8) is 0 Å². The van der Waals surface area contributed by atoms with Gasteiger partial charge in [0.25, 0.3) is 0 Å². The predicted octanol–water partition coefficient (Wildman–Crippen LogP) is 4.35. The van der Waals surface area contributed by atoms with Crippen LogP contribution in [0, 0.1) is 0 Å². The standard InChI is InChI=1S/C22H22ClN3O/c23-21-8-4-2-6-18(21)16-25-11-13-26(14-12-25)24-15-20-19-7-3-1-5-17(19)9-10-22(20)27/h1-10,15,27H,11-14,16H2/b24-15-. The molecular weight excluding hydrogens is 358 g/mol. The molecule has 1 aliphatic heterocycles. The van der Waals surface area contributed by atoms with E-state index in [4.69, 9.17) is 11.6 Å². The molecule has 3 aromatic rings. The van der Waals surface area contributed by atoms with E-state index < -0.39 is 0 Å². The van der Waals surface area contributed by atoms with E-state index in [1.54, 1.807) is 12.3 Å². The van der Waals surface area contributed by atoms with E-state index in [-0.39, 0.29) is 5.75 Å². The molecule has 0 spiro atoms. The molecule has 1 saturated heterocycles. The van der Waals surface area contributed by atoms with Crippen molar-refractivity contribution in [2.24, 2.45) is 5.10 Å². The Balaban J connectivity index is 1.41. The number of phenolic OH excluding ortho intramolecular Hbond substituents is 1. The smallest absolute Gasteiger partial charge is 0.125 e. The fraction of sp³-hybridized carbons (Fsp3) is 0.227. The van der Waals surface area contributed by atoms with E-state index in [1.807, 2.05) is 48.5 Å². The van der Waals surface area contributed by atoms with Gasteiger partial charge in [0.15, 0.2) is 0 Å². The van der Waals surface area contributed by atoms with Crippen molar-refractivity contribution >= 4 is 28.6 Å². The molecule has 0 atom stereocenters. The third kappa shape index (κ3) is 4.07. The summed E-state index contributed by atoms with van der Waals surface area (Å²) in [7, 11) is 0. The third-order valence-electron chi connectivity index (χ3n) is 5.00. The van der Waals surface area contributed by atoms with Gasteiger partial charge in [0, 0.05) is 43.3 Å². The summed E-state index contributed by atoms with van der Waals surface area (Å²) in [6, 6.07) is 19.7. The summed E-state index contributed by atoms with van der Waals surface area (Å²) in [5.41, 5.74) is 1.93. The Morgan fingerprint density at radius 3 is 2.48 bits per heavy atom. The van der Waals surface area contributed by atoms with Gasteiger partial charge in [-0.05, 0) is 28.5 Å². The van der Waals surface area contributed by atoms with Crippen molar-refractivity contribution in [3.05, 3.63) is 76.8 Å². The third-order valence-corrected chi connectivity index (χ3v) is 5.37. The molecule has 1 N–H and O–H groups in total. The molecule has 0 bridgehead atoms. The number of hydrogen-bond acceptors (Lipinski definition) is 4. The van der Waals surface area contributed by atoms with E-state index >= 15 is 0 Å². The average Bonchev–Trinajstić information content (AvgIpc) is 2.70. The Hall–Kier alpha value is -2.56. The number of halogens is 1. The molecule has 4 rings (SSSR count). The lowest BCUT2D eigenvalue weighted by atomic mass is 10.0. The summed E-state index contributed by atoms with van der Waals surface area (Å²) < 4.78 is 0. The highest BCUT2D eigenvalue weighted by Crippen LogP contribution is 2.25. The monoisotopic (exact) mass is 379 g/mol. The van der Waals surface area contributed by atoms with Crippen molar-refractivity contribution in [1.29, 1.82) is 0 Å². The van der Waals surface area contributed by atoms with Crippen LogP contribution in [0.5, 0.6) is 5.75 Å². The molecule has 4 nitrogen and oxygen atoms in total. The Morgan fingerprint density at radius 1 is 0.926 bits per heavy atom. The zero-order valence-corrected chi connectivity index (χ0v) is 15.8. The summed E-state index contributed by atoms with van der Waals surface area (Å²) in [5.74, 6) is 0.259. The van der Waals surface area contributed by atoms with Crippen LogP contribution in [-0.2, 0) is 6.54 Å². The van der Waals surface area contributed by atoms with E-state index in [2.05, 4.69) is 21.1 Å². The van der Waals surface area contributed by atoms with Crippen LogP contribution < -0.4 is 0 Å². The number of piperazine rings is 1. The zero-order valence-electron chi connectivity index (χ0n) is 15.1. The van der Waals surface area contributed by atoms with Crippen LogP contribution in [0.2, 0.25) is 5.02 Å². The summed E-state index contributed by atoms with van der Waals surface area (Å²) in [6.45, 7) is 4.44. The molecule has 27 heavy (non-hydrogen) atoms. The van der Waals surface area contributed by atoms with Gasteiger partial charge in [-0.3, -0.25) is 9.91 Å². The Bertz CT molecular complexity index is 965. The molecule has 1 heterocycles. The van der Waals surface area contributed by atoms with E-state index in [9.17, 15) is 5.11 Å². The second kappa shape index (κ2) is 7.99. The lowest BCUT2D eigenvalue weighted by Gasteiger charge is -2.33. The maximum Gasteiger partial charge on any atom is 0.125 e. The Kier molecular flexibility index (Phi) is 5.28. The van der Waals surface area contributed by atoms with Gasteiger partial charge < -0.3 is 5.11 Å². The minimum absolute atomic E-state index is 0.259. The van der Waals surface area contributed by atoms with Crippen LogP contribution in [0.15, 0.2) is 65.8 Å². The van der Waals surface area contributed by atoms with Gasteiger partial charge in [-0.15, -0.1) is 0 Å². The van der Waals surface area contributed by atoms with E-state index in [1.165, 1.54) is 0 Å². The second-order valence-corrected chi connectivity index (χ2v) is 7.19. The van der Waals surface area contributed by atoms with Gasteiger partial charge in [-0.25, -0.2) is 0 Å². The SMILES string of the molecule is Oc1ccc2ccccc2c1/C=N\N1CCN(Cc2ccccc2Cl)CC1. The number of benzene rings is 3. The highest BCUT2D eigenvalue weighted by atomic mass is 35.5. The molecular formula is C22H22ClN3O. The number of hydrazone groups is 1. The van der Waals surface area contributed by atoms with Crippen LogP contribution in [-0.4, -0.2) is 47.4 Å². The fourth-order valence-corrected chi connectivity index (χ4v) is 3.63. The van der Waals surface area contributed by atoms with Gasteiger partial charge >= 0.3 is 0 Å². The first-order valence-electron chi connectivity index (χ1n) is 9.16. The summed E-state index contributed by atoms with van der Waals surface area (Å²) in [5, 5.41) is 19.9. The van der Waals surface area contributed by atoms with E-state index in [0.29, 0.717) is 0 Å². The lowest BCUT2D eigenvalue weighted by Crippen LogP contribution is -2.43. The molecule has 0 amide bonds. The number of nitrogens with zero attached hydrogens (tertiary/aromatic N) is 3. The molecule has 0 aliphatic carbocycles. The molecule has 1 fully saturated rings. The zero-order chi connectivity index (χ0) is 18.6. The number of phenols is 1. The van der Waals surface area contributed by atoms with Gasteiger partial charge in [0.1, 0.15) is 5.75 Å². The normalized spacial score (nSPS) is 15.7. The molecule has 0 saturated carbocycles. The van der Waals surface area contributed by atoms with Crippen LogP contribution in [0.3, 0.4) is 0 Å². The topological polar surface area (TPSA) is 39.1 Å². The fourth-order valence-electron chi connectivity index (χ4n) is 3.44. The largest absolute Gasteiger partial charge is 0.507 e. The van der Waals surface area contributed by atoms with Crippen LogP contribution in [0.4, 0.5) is 0 Å². The first-order chi connectivity index (χ1) is 13.2. The van der Waals surface area contributed by atoms with Crippen LogP contribution >= 0.6 is 11.6 Å². The highest BCUT2D eigenvalue weighted by Gasteiger charge is 2.16. The van der Waals surface area contributed by atoms with Crippen LogP contribution in [0.1, 0.15) is 11.1 Å². The molecule has 0 unspecified atom stereocenters. The summed E-state index contributed by atoms with van der Waals surface area (Å²) in [6.07, 6.45) is 1.78. The highest BCUT2D eigenvalue weighted by molar-refractivity contribution is 6.31. The number of hydrogen-bond donors (Lipinski definition) is 1. The Morgan fingerprint density at radius 2 is 1.67 bits per heavy atom. The first kappa shape index (κ1) is 17.8. The van der Waals surface area contributed by atoms with Gasteiger partial charge in [0.2, 0.25) is 0 Å². The number of aromatic hydroxyl groups is 1. The summed E-state index contributed by atoms with van der Waals surface area (Å²) >= 11 is 6.27. The quantitative estimate of drug-likeness (QED) is 0.685. The average molecular weight is 380 g/mol. The van der Waals surface area contributed by atoms with Crippen molar-refractivity contribution in [1.82, 2.24) is 9.91 Å². The second-order valence-electron chi connectivity index (χ2n) is 6.79. The molecule has 1 aliphatic rings. The first-order valence-corrected chi connectivity index (χ1v) is 9.54. The maximum atomic E-state index is 10.2.